The highest BCUT2D eigenvalue weighted by Crippen LogP contribution is 2.26. The topological polar surface area (TPSA) is 72.5 Å². The van der Waals surface area contributed by atoms with E-state index in [0.717, 1.165) is 16.7 Å². The van der Waals surface area contributed by atoms with Crippen molar-refractivity contribution < 1.29 is 14.6 Å². The van der Waals surface area contributed by atoms with Gasteiger partial charge in [0.05, 0.1) is 12.0 Å². The molecule has 0 bridgehead atoms. The number of carboxylic acid groups (broad SMARTS) is 1. The van der Waals surface area contributed by atoms with E-state index < -0.39 is 11.4 Å². The summed E-state index contributed by atoms with van der Waals surface area (Å²) in [7, 11) is 1.50. The first-order valence-electron chi connectivity index (χ1n) is 8.17. The fourth-order valence-corrected chi connectivity index (χ4v) is 3.17. The van der Waals surface area contributed by atoms with Gasteiger partial charge in [-0.05, 0) is 48.6 Å². The van der Waals surface area contributed by atoms with Gasteiger partial charge in [0, 0.05) is 18.2 Å². The molecule has 3 N–H and O–H groups in total. The van der Waals surface area contributed by atoms with Gasteiger partial charge in [-0.2, -0.15) is 0 Å². The molecule has 0 fully saturated rings. The number of methoxy groups -OCH3 is 1. The molecule has 0 saturated carbocycles. The number of benzene rings is 2. The van der Waals surface area contributed by atoms with Crippen molar-refractivity contribution in [3.63, 3.8) is 0 Å². The van der Waals surface area contributed by atoms with Crippen LogP contribution in [0, 0.1) is 5.41 Å². The molecule has 5 heteroatoms. The van der Waals surface area contributed by atoms with Gasteiger partial charge < -0.3 is 15.6 Å². The lowest BCUT2D eigenvalue weighted by Gasteiger charge is -2.27. The highest BCUT2D eigenvalue weighted by molar-refractivity contribution is 6.30. The van der Waals surface area contributed by atoms with Gasteiger partial charge in [-0.25, -0.2) is 0 Å². The van der Waals surface area contributed by atoms with Crippen LogP contribution in [-0.4, -0.2) is 30.8 Å². The van der Waals surface area contributed by atoms with Crippen molar-refractivity contribution in [1.82, 2.24) is 0 Å². The molecule has 134 valence electrons. The number of halogens is 1. The van der Waals surface area contributed by atoms with Crippen LogP contribution < -0.4 is 5.73 Å². The van der Waals surface area contributed by atoms with E-state index in [9.17, 15) is 9.90 Å². The molecule has 0 unspecified atom stereocenters. The number of hydrogen-bond donors (Lipinski definition) is 2. The Kier molecular flexibility index (Phi) is 6.59. The van der Waals surface area contributed by atoms with Crippen LogP contribution in [0.25, 0.3) is 11.1 Å². The number of carbonyl (C=O) groups is 1. The Bertz CT molecular complexity index is 717. The highest BCUT2D eigenvalue weighted by Gasteiger charge is 2.35. The maximum atomic E-state index is 11.5. The standard InChI is InChI=1S/C20H24ClNO3/c1-20(13-25-2,19(23)24)12-18(22)10-14-6-8-15(9-7-14)16-4-3-5-17(21)11-16/h3-9,11,18H,10,12-13,22H2,1-2H3,(H,23,24)/t18-,20+/m1/s1. The number of hydrogen-bond acceptors (Lipinski definition) is 3. The van der Waals surface area contributed by atoms with Crippen molar-refractivity contribution in [1.29, 1.82) is 0 Å². The van der Waals surface area contributed by atoms with Crippen LogP contribution in [-0.2, 0) is 16.0 Å². The fourth-order valence-electron chi connectivity index (χ4n) is 2.98. The van der Waals surface area contributed by atoms with E-state index in [1.807, 2.05) is 48.5 Å². The molecular formula is C20H24ClNO3. The maximum absolute atomic E-state index is 11.5. The molecule has 0 spiro atoms. The summed E-state index contributed by atoms with van der Waals surface area (Å²) in [4.78, 5) is 11.5. The smallest absolute Gasteiger partial charge is 0.311 e. The summed E-state index contributed by atoms with van der Waals surface area (Å²) in [6.07, 6.45) is 0.967. The third-order valence-electron chi connectivity index (χ3n) is 4.30. The van der Waals surface area contributed by atoms with Crippen molar-refractivity contribution in [3.05, 3.63) is 59.1 Å². The summed E-state index contributed by atoms with van der Waals surface area (Å²) in [6.45, 7) is 1.81. The largest absolute Gasteiger partial charge is 0.481 e. The van der Waals surface area contributed by atoms with Gasteiger partial charge in [-0.3, -0.25) is 4.79 Å². The van der Waals surface area contributed by atoms with Crippen molar-refractivity contribution in [2.45, 2.75) is 25.8 Å². The van der Waals surface area contributed by atoms with Crippen LogP contribution in [0.2, 0.25) is 5.02 Å². The monoisotopic (exact) mass is 361 g/mol. The molecule has 2 atom stereocenters. The first kappa shape index (κ1) is 19.4. The minimum Gasteiger partial charge on any atom is -0.481 e. The average Bonchev–Trinajstić information content (AvgIpc) is 2.55. The lowest BCUT2D eigenvalue weighted by molar-refractivity contribution is -0.151. The Labute approximate surface area is 153 Å². The molecule has 2 aromatic rings. The quantitative estimate of drug-likeness (QED) is 0.745. The Morgan fingerprint density at radius 2 is 1.92 bits per heavy atom. The number of carboxylic acids is 1. The van der Waals surface area contributed by atoms with Gasteiger partial charge in [0.2, 0.25) is 0 Å². The van der Waals surface area contributed by atoms with E-state index in [1.54, 1.807) is 6.92 Å². The van der Waals surface area contributed by atoms with Gasteiger partial charge in [0.15, 0.2) is 0 Å². The van der Waals surface area contributed by atoms with Crippen LogP contribution in [0.5, 0.6) is 0 Å². The van der Waals surface area contributed by atoms with Crippen LogP contribution in [0.15, 0.2) is 48.5 Å². The molecule has 0 aromatic heterocycles. The minimum absolute atomic E-state index is 0.143. The average molecular weight is 362 g/mol. The van der Waals surface area contributed by atoms with Gasteiger partial charge in [0.25, 0.3) is 0 Å². The fraction of sp³-hybridized carbons (Fsp3) is 0.350. The number of rotatable bonds is 8. The van der Waals surface area contributed by atoms with Crippen molar-refractivity contribution in [2.24, 2.45) is 11.1 Å². The lowest BCUT2D eigenvalue weighted by atomic mass is 9.83. The van der Waals surface area contributed by atoms with Crippen LogP contribution >= 0.6 is 11.6 Å². The van der Waals surface area contributed by atoms with E-state index in [1.165, 1.54) is 7.11 Å². The predicted octanol–water partition coefficient (Wildman–Crippen LogP) is 4.00. The Morgan fingerprint density at radius 3 is 2.48 bits per heavy atom. The molecule has 4 nitrogen and oxygen atoms in total. The second-order valence-corrected chi connectivity index (χ2v) is 7.11. The molecular weight excluding hydrogens is 338 g/mol. The first-order valence-corrected chi connectivity index (χ1v) is 8.54. The van der Waals surface area contributed by atoms with Crippen LogP contribution in [0.1, 0.15) is 18.9 Å². The Balaban J connectivity index is 2.04. The molecule has 2 rings (SSSR count). The Hall–Kier alpha value is -1.88. The van der Waals surface area contributed by atoms with E-state index in [-0.39, 0.29) is 12.6 Å². The summed E-state index contributed by atoms with van der Waals surface area (Å²) in [5.74, 6) is -0.888. The van der Waals surface area contributed by atoms with Gasteiger partial charge in [-0.15, -0.1) is 0 Å². The highest BCUT2D eigenvalue weighted by atomic mass is 35.5. The third kappa shape index (κ3) is 5.30. The van der Waals surface area contributed by atoms with E-state index in [4.69, 9.17) is 22.1 Å². The van der Waals surface area contributed by atoms with Crippen LogP contribution in [0.4, 0.5) is 0 Å². The van der Waals surface area contributed by atoms with Crippen molar-refractivity contribution in [3.8, 4) is 11.1 Å². The summed E-state index contributed by atoms with van der Waals surface area (Å²) in [5, 5.41) is 10.1. The SMILES string of the molecule is COC[C@](C)(C[C@H](N)Cc1ccc(-c2cccc(Cl)c2)cc1)C(=O)O. The van der Waals surface area contributed by atoms with E-state index >= 15 is 0 Å². The number of ether oxygens (including phenoxy) is 1. The normalized spacial score (nSPS) is 14.7. The molecule has 0 heterocycles. The minimum atomic E-state index is -0.977. The van der Waals surface area contributed by atoms with Gasteiger partial charge in [0.1, 0.15) is 0 Å². The lowest BCUT2D eigenvalue weighted by Crippen LogP contribution is -2.39. The zero-order chi connectivity index (χ0) is 18.4. The second kappa shape index (κ2) is 8.48. The van der Waals surface area contributed by atoms with Crippen LogP contribution in [0.3, 0.4) is 0 Å². The summed E-state index contributed by atoms with van der Waals surface area (Å²) in [5.41, 5.74) is 8.42. The molecule has 0 aliphatic carbocycles. The van der Waals surface area contributed by atoms with E-state index in [2.05, 4.69) is 0 Å². The first-order chi connectivity index (χ1) is 11.8. The van der Waals surface area contributed by atoms with Crippen molar-refractivity contribution in [2.75, 3.05) is 13.7 Å². The molecule has 25 heavy (non-hydrogen) atoms. The molecule has 2 aromatic carbocycles. The Morgan fingerprint density at radius 1 is 1.24 bits per heavy atom. The van der Waals surface area contributed by atoms with Gasteiger partial charge >= 0.3 is 5.97 Å². The van der Waals surface area contributed by atoms with Gasteiger partial charge in [-0.1, -0.05) is 48.0 Å². The third-order valence-corrected chi connectivity index (χ3v) is 4.54. The number of nitrogens with two attached hydrogens (primary N) is 1. The predicted molar refractivity (Wildman–Crippen MR) is 101 cm³/mol. The summed E-state index contributed by atoms with van der Waals surface area (Å²) in [6, 6.07) is 15.5. The molecule has 0 amide bonds. The summed E-state index contributed by atoms with van der Waals surface area (Å²) >= 11 is 6.03. The number of aliphatic carboxylic acids is 1. The molecule has 0 saturated heterocycles. The maximum Gasteiger partial charge on any atom is 0.311 e. The molecule has 0 aliphatic heterocycles. The molecule has 0 radical (unpaired) electrons. The summed E-state index contributed by atoms with van der Waals surface area (Å²) < 4.78 is 5.05. The zero-order valence-electron chi connectivity index (χ0n) is 14.5. The second-order valence-electron chi connectivity index (χ2n) is 6.67. The van der Waals surface area contributed by atoms with E-state index in [0.29, 0.717) is 17.9 Å². The zero-order valence-corrected chi connectivity index (χ0v) is 15.3. The van der Waals surface area contributed by atoms with Crippen molar-refractivity contribution >= 4 is 17.6 Å². The molecule has 0 aliphatic rings.